The largest absolute Gasteiger partial charge is 0.444 e. The quantitative estimate of drug-likeness (QED) is 0.456. The van der Waals surface area contributed by atoms with Gasteiger partial charge in [0.05, 0.1) is 6.04 Å². The Bertz CT molecular complexity index is 978. The van der Waals surface area contributed by atoms with Crippen molar-refractivity contribution in [2.75, 3.05) is 6.54 Å². The second kappa shape index (κ2) is 10.9. The fourth-order valence-corrected chi connectivity index (χ4v) is 3.24. The van der Waals surface area contributed by atoms with Crippen LogP contribution in [0.4, 0.5) is 4.79 Å². The summed E-state index contributed by atoms with van der Waals surface area (Å²) in [5.74, 6) is 1.07. The smallest absolute Gasteiger partial charge is 0.407 e. The number of rotatable bonds is 9. The van der Waals surface area contributed by atoms with E-state index in [4.69, 9.17) is 15.0 Å². The molecule has 0 aliphatic carbocycles. The number of hydrogen-bond acceptors (Lipinski definition) is 6. The SMILES string of the molecule is CC(C)(C)OC(=O)NCCCC[C@H](N)c1nc(Cc2ccc(-c3ccccc3)cc2)no1. The van der Waals surface area contributed by atoms with Crippen molar-refractivity contribution in [1.82, 2.24) is 15.5 Å². The second-order valence-electron chi connectivity index (χ2n) is 8.82. The van der Waals surface area contributed by atoms with Gasteiger partial charge in [-0.15, -0.1) is 0 Å². The summed E-state index contributed by atoms with van der Waals surface area (Å²) in [4.78, 5) is 16.1. The van der Waals surface area contributed by atoms with Gasteiger partial charge in [0.15, 0.2) is 5.82 Å². The van der Waals surface area contributed by atoms with E-state index in [9.17, 15) is 4.79 Å². The Labute approximate surface area is 189 Å². The van der Waals surface area contributed by atoms with Gasteiger partial charge in [-0.25, -0.2) is 4.79 Å². The molecule has 1 heterocycles. The van der Waals surface area contributed by atoms with E-state index in [0.29, 0.717) is 31.1 Å². The first-order valence-corrected chi connectivity index (χ1v) is 11.0. The van der Waals surface area contributed by atoms with Crippen molar-refractivity contribution in [3.8, 4) is 11.1 Å². The molecule has 0 saturated heterocycles. The minimum absolute atomic E-state index is 0.321. The molecule has 0 spiro atoms. The highest BCUT2D eigenvalue weighted by molar-refractivity contribution is 5.67. The Morgan fingerprint density at radius 2 is 1.75 bits per heavy atom. The van der Waals surface area contributed by atoms with E-state index in [1.54, 1.807) is 0 Å². The van der Waals surface area contributed by atoms with Crippen LogP contribution in [-0.4, -0.2) is 28.4 Å². The van der Waals surface area contributed by atoms with Gasteiger partial charge < -0.3 is 20.3 Å². The van der Waals surface area contributed by atoms with Gasteiger partial charge in [0, 0.05) is 13.0 Å². The molecule has 1 amide bonds. The first-order valence-electron chi connectivity index (χ1n) is 11.0. The molecule has 7 heteroatoms. The van der Waals surface area contributed by atoms with Crippen molar-refractivity contribution in [1.29, 1.82) is 0 Å². The number of hydrogen-bond donors (Lipinski definition) is 2. The minimum atomic E-state index is -0.494. The Balaban J connectivity index is 1.41. The Morgan fingerprint density at radius 1 is 1.06 bits per heavy atom. The highest BCUT2D eigenvalue weighted by Gasteiger charge is 2.17. The maximum absolute atomic E-state index is 11.6. The third-order valence-corrected chi connectivity index (χ3v) is 4.83. The Kier molecular flexibility index (Phi) is 8.00. The van der Waals surface area contributed by atoms with Gasteiger partial charge in [-0.2, -0.15) is 4.98 Å². The zero-order valence-electron chi connectivity index (χ0n) is 19.0. The number of amides is 1. The highest BCUT2D eigenvalue weighted by Crippen LogP contribution is 2.21. The van der Waals surface area contributed by atoms with Gasteiger partial charge in [-0.3, -0.25) is 0 Å². The van der Waals surface area contributed by atoms with E-state index in [2.05, 4.69) is 51.9 Å². The van der Waals surface area contributed by atoms with Crippen LogP contribution in [0.15, 0.2) is 59.1 Å². The van der Waals surface area contributed by atoms with Crippen molar-refractivity contribution in [2.45, 2.75) is 58.1 Å². The number of carbonyl (C=O) groups excluding carboxylic acids is 1. The topological polar surface area (TPSA) is 103 Å². The van der Waals surface area contributed by atoms with E-state index in [-0.39, 0.29) is 6.04 Å². The standard InChI is InChI=1S/C25H32N4O3/c1-25(2,3)31-24(30)27-16-8-7-11-21(26)23-28-22(29-32-23)17-18-12-14-20(15-13-18)19-9-5-4-6-10-19/h4-6,9-10,12-15,21H,7-8,11,16-17,26H2,1-3H3,(H,27,30)/t21-/m0/s1. The summed E-state index contributed by atoms with van der Waals surface area (Å²) >= 11 is 0. The average molecular weight is 437 g/mol. The molecule has 0 unspecified atom stereocenters. The molecule has 3 rings (SSSR count). The molecule has 1 atom stereocenters. The molecular weight excluding hydrogens is 404 g/mol. The van der Waals surface area contributed by atoms with Gasteiger partial charge in [-0.1, -0.05) is 59.8 Å². The third kappa shape index (κ3) is 7.50. The molecule has 2 aromatic carbocycles. The van der Waals surface area contributed by atoms with Gasteiger partial charge in [-0.05, 0) is 56.7 Å². The summed E-state index contributed by atoms with van der Waals surface area (Å²) in [5, 5.41) is 6.82. The first-order chi connectivity index (χ1) is 15.3. The van der Waals surface area contributed by atoms with Gasteiger partial charge in [0.2, 0.25) is 5.89 Å². The number of unbranched alkanes of at least 4 members (excludes halogenated alkanes) is 1. The number of aromatic nitrogens is 2. The summed E-state index contributed by atoms with van der Waals surface area (Å²) in [6, 6.07) is 18.3. The lowest BCUT2D eigenvalue weighted by molar-refractivity contribution is 0.0527. The molecule has 32 heavy (non-hydrogen) atoms. The minimum Gasteiger partial charge on any atom is -0.444 e. The predicted molar refractivity (Wildman–Crippen MR) is 124 cm³/mol. The normalized spacial score (nSPS) is 12.4. The van der Waals surface area contributed by atoms with Crippen molar-refractivity contribution >= 4 is 6.09 Å². The summed E-state index contributed by atoms with van der Waals surface area (Å²) < 4.78 is 10.6. The van der Waals surface area contributed by atoms with E-state index >= 15 is 0 Å². The summed E-state index contributed by atoms with van der Waals surface area (Å²) in [6.45, 7) is 6.05. The number of carbonyl (C=O) groups is 1. The molecule has 170 valence electrons. The second-order valence-corrected chi connectivity index (χ2v) is 8.82. The molecule has 7 nitrogen and oxygen atoms in total. The number of nitrogens with one attached hydrogen (secondary N) is 1. The molecule has 0 radical (unpaired) electrons. The Hall–Kier alpha value is -3.19. The van der Waals surface area contributed by atoms with Crippen LogP contribution in [0.25, 0.3) is 11.1 Å². The lowest BCUT2D eigenvalue weighted by Gasteiger charge is -2.19. The summed E-state index contributed by atoms with van der Waals surface area (Å²) in [6.07, 6.45) is 2.51. The number of benzene rings is 2. The molecule has 0 fully saturated rings. The first kappa shape index (κ1) is 23.5. The van der Waals surface area contributed by atoms with Crippen molar-refractivity contribution in [3.63, 3.8) is 0 Å². The van der Waals surface area contributed by atoms with Crippen LogP contribution in [0.1, 0.15) is 63.4 Å². The van der Waals surface area contributed by atoms with Gasteiger partial charge in [0.25, 0.3) is 0 Å². The molecule has 0 saturated carbocycles. The lowest BCUT2D eigenvalue weighted by atomic mass is 10.0. The predicted octanol–water partition coefficient (Wildman–Crippen LogP) is 5.02. The van der Waals surface area contributed by atoms with E-state index in [1.807, 2.05) is 39.0 Å². The van der Waals surface area contributed by atoms with Gasteiger partial charge >= 0.3 is 6.09 Å². The fourth-order valence-electron chi connectivity index (χ4n) is 3.24. The van der Waals surface area contributed by atoms with E-state index in [1.165, 1.54) is 11.1 Å². The summed E-state index contributed by atoms with van der Waals surface area (Å²) in [7, 11) is 0. The molecule has 3 N–H and O–H groups in total. The summed E-state index contributed by atoms with van der Waals surface area (Å²) in [5.41, 5.74) is 9.18. The van der Waals surface area contributed by atoms with E-state index in [0.717, 1.165) is 18.4 Å². The lowest BCUT2D eigenvalue weighted by Crippen LogP contribution is -2.33. The molecule has 0 aliphatic heterocycles. The Morgan fingerprint density at radius 3 is 2.44 bits per heavy atom. The fraction of sp³-hybridized carbons (Fsp3) is 0.400. The van der Waals surface area contributed by atoms with E-state index < -0.39 is 11.7 Å². The monoisotopic (exact) mass is 436 g/mol. The zero-order chi connectivity index (χ0) is 23.0. The van der Waals surface area contributed by atoms with Crippen molar-refractivity contribution in [3.05, 3.63) is 71.9 Å². The van der Waals surface area contributed by atoms with Crippen LogP contribution >= 0.6 is 0 Å². The number of alkyl carbamates (subject to hydrolysis) is 1. The molecule has 0 bridgehead atoms. The van der Waals surface area contributed by atoms with Crippen LogP contribution in [0.5, 0.6) is 0 Å². The molecule has 3 aromatic rings. The van der Waals surface area contributed by atoms with Crippen LogP contribution in [-0.2, 0) is 11.2 Å². The molecule has 1 aromatic heterocycles. The van der Waals surface area contributed by atoms with Crippen LogP contribution in [0.3, 0.4) is 0 Å². The number of nitrogens with zero attached hydrogens (tertiary/aromatic N) is 2. The average Bonchev–Trinajstić information content (AvgIpc) is 3.22. The number of nitrogens with two attached hydrogens (primary N) is 1. The maximum atomic E-state index is 11.6. The zero-order valence-corrected chi connectivity index (χ0v) is 19.0. The van der Waals surface area contributed by atoms with Crippen molar-refractivity contribution in [2.24, 2.45) is 5.73 Å². The maximum Gasteiger partial charge on any atom is 0.407 e. The van der Waals surface area contributed by atoms with Gasteiger partial charge in [0.1, 0.15) is 5.60 Å². The third-order valence-electron chi connectivity index (χ3n) is 4.83. The van der Waals surface area contributed by atoms with Crippen LogP contribution < -0.4 is 11.1 Å². The van der Waals surface area contributed by atoms with Crippen molar-refractivity contribution < 1.29 is 14.1 Å². The molecule has 0 aliphatic rings. The van der Waals surface area contributed by atoms with Crippen LogP contribution in [0, 0.1) is 0 Å². The highest BCUT2D eigenvalue weighted by atomic mass is 16.6. The number of ether oxygens (including phenoxy) is 1. The van der Waals surface area contributed by atoms with Crippen LogP contribution in [0.2, 0.25) is 0 Å². The molecular formula is C25H32N4O3.